The number of aryl methyl sites for hydroxylation is 2. The molecule has 0 aliphatic heterocycles. The van der Waals surface area contributed by atoms with Crippen molar-refractivity contribution in [2.75, 3.05) is 11.9 Å². The predicted octanol–water partition coefficient (Wildman–Crippen LogP) is 2.07. The van der Waals surface area contributed by atoms with E-state index in [1.54, 1.807) is 24.3 Å². The summed E-state index contributed by atoms with van der Waals surface area (Å²) in [5.74, 6) is -1.00. The number of carbonyl (C=O) groups is 2. The lowest BCUT2D eigenvalue weighted by molar-refractivity contribution is -0.119. The summed E-state index contributed by atoms with van der Waals surface area (Å²) in [7, 11) is 0. The number of nitrogens with one attached hydrogen (secondary N) is 1. The fourth-order valence-electron chi connectivity index (χ4n) is 2.51. The van der Waals surface area contributed by atoms with Crippen molar-refractivity contribution in [3.8, 4) is 5.69 Å². The topological polar surface area (TPSA) is 99.0 Å². The molecule has 8 nitrogen and oxygen atoms in total. The molecular formula is C18H17N5O3. The fraction of sp³-hybridized carbons (Fsp3) is 0.167. The Kier molecular flexibility index (Phi) is 5.02. The van der Waals surface area contributed by atoms with Crippen LogP contribution in [0.5, 0.6) is 0 Å². The lowest BCUT2D eigenvalue weighted by atomic mass is 10.1. The normalized spacial score (nSPS) is 10.4. The molecule has 0 fully saturated rings. The maximum absolute atomic E-state index is 12.2. The molecule has 1 heterocycles. The van der Waals surface area contributed by atoms with Crippen molar-refractivity contribution in [2.24, 2.45) is 0 Å². The van der Waals surface area contributed by atoms with Gasteiger partial charge in [-0.05, 0) is 65.7 Å². The molecule has 1 amide bonds. The van der Waals surface area contributed by atoms with Crippen LogP contribution < -0.4 is 5.32 Å². The second-order valence-corrected chi connectivity index (χ2v) is 5.81. The van der Waals surface area contributed by atoms with Crippen molar-refractivity contribution >= 4 is 17.6 Å². The molecule has 0 bridgehead atoms. The highest BCUT2D eigenvalue weighted by molar-refractivity contribution is 5.95. The van der Waals surface area contributed by atoms with Gasteiger partial charge in [-0.1, -0.05) is 12.1 Å². The lowest BCUT2D eigenvalue weighted by Gasteiger charge is -2.09. The van der Waals surface area contributed by atoms with Crippen molar-refractivity contribution in [1.29, 1.82) is 0 Å². The molecule has 132 valence electrons. The molecule has 0 aliphatic rings. The number of benzene rings is 2. The van der Waals surface area contributed by atoms with Crippen LogP contribution in [0.3, 0.4) is 0 Å². The third-order valence-corrected chi connectivity index (χ3v) is 3.54. The quantitative estimate of drug-likeness (QED) is 0.707. The van der Waals surface area contributed by atoms with Gasteiger partial charge in [0.25, 0.3) is 5.91 Å². The Balaban J connectivity index is 1.60. The summed E-state index contributed by atoms with van der Waals surface area (Å²) in [6.45, 7) is 3.52. The van der Waals surface area contributed by atoms with Gasteiger partial charge in [0.2, 0.25) is 0 Å². The second-order valence-electron chi connectivity index (χ2n) is 5.81. The standard InChI is InChI=1S/C18H17N5O3/c1-12-6-13(2)8-15(7-12)20-17(24)10-26-18(25)14-4-3-5-16(9-14)23-11-19-21-22-23/h3-9,11H,10H2,1-2H3,(H,20,24). The molecule has 2 aromatic carbocycles. The summed E-state index contributed by atoms with van der Waals surface area (Å²) < 4.78 is 6.50. The molecule has 26 heavy (non-hydrogen) atoms. The highest BCUT2D eigenvalue weighted by Gasteiger charge is 2.12. The number of ether oxygens (including phenoxy) is 1. The van der Waals surface area contributed by atoms with E-state index in [2.05, 4.69) is 20.8 Å². The number of nitrogens with zero attached hydrogens (tertiary/aromatic N) is 4. The largest absolute Gasteiger partial charge is 0.452 e. The summed E-state index contributed by atoms with van der Waals surface area (Å²) in [5, 5.41) is 13.6. The molecule has 0 atom stereocenters. The SMILES string of the molecule is Cc1cc(C)cc(NC(=O)COC(=O)c2cccc(-n3cnnn3)c2)c1. The van der Waals surface area contributed by atoms with Gasteiger partial charge in [-0.25, -0.2) is 9.48 Å². The zero-order chi connectivity index (χ0) is 18.5. The van der Waals surface area contributed by atoms with E-state index in [-0.39, 0.29) is 6.61 Å². The third kappa shape index (κ3) is 4.29. The highest BCUT2D eigenvalue weighted by Crippen LogP contribution is 2.14. The molecule has 3 aromatic rings. The minimum atomic E-state index is -0.601. The molecule has 0 radical (unpaired) electrons. The Morgan fingerprint density at radius 2 is 1.88 bits per heavy atom. The number of esters is 1. The van der Waals surface area contributed by atoms with Crippen molar-refractivity contribution < 1.29 is 14.3 Å². The molecule has 0 unspecified atom stereocenters. The lowest BCUT2D eigenvalue weighted by Crippen LogP contribution is -2.21. The molecule has 1 aromatic heterocycles. The molecule has 3 rings (SSSR count). The van der Waals surface area contributed by atoms with Crippen LogP contribution in [0.15, 0.2) is 48.8 Å². The fourth-order valence-corrected chi connectivity index (χ4v) is 2.51. The zero-order valence-electron chi connectivity index (χ0n) is 14.3. The number of hydrogen-bond acceptors (Lipinski definition) is 6. The Morgan fingerprint density at radius 3 is 2.58 bits per heavy atom. The van der Waals surface area contributed by atoms with Crippen LogP contribution >= 0.6 is 0 Å². The van der Waals surface area contributed by atoms with E-state index < -0.39 is 11.9 Å². The third-order valence-electron chi connectivity index (χ3n) is 3.54. The second kappa shape index (κ2) is 7.56. The van der Waals surface area contributed by atoms with Gasteiger partial charge in [-0.15, -0.1) is 5.10 Å². The summed E-state index contributed by atoms with van der Waals surface area (Å²) in [4.78, 5) is 24.2. The Bertz CT molecular complexity index is 918. The molecule has 0 aliphatic carbocycles. The molecule has 8 heteroatoms. The minimum absolute atomic E-state index is 0.303. The number of rotatable bonds is 5. The summed E-state index contributed by atoms with van der Waals surface area (Å²) in [6, 6.07) is 12.3. The van der Waals surface area contributed by atoms with Crippen molar-refractivity contribution in [3.63, 3.8) is 0 Å². The molecule has 0 spiro atoms. The van der Waals surface area contributed by atoms with Crippen molar-refractivity contribution in [3.05, 3.63) is 65.5 Å². The van der Waals surface area contributed by atoms with E-state index >= 15 is 0 Å². The van der Waals surface area contributed by atoms with Crippen molar-refractivity contribution in [2.45, 2.75) is 13.8 Å². The Morgan fingerprint density at radius 1 is 1.12 bits per heavy atom. The number of tetrazole rings is 1. The number of hydrogen-bond donors (Lipinski definition) is 1. The molecule has 1 N–H and O–H groups in total. The van der Waals surface area contributed by atoms with Crippen LogP contribution in [0.4, 0.5) is 5.69 Å². The number of aromatic nitrogens is 4. The smallest absolute Gasteiger partial charge is 0.338 e. The average molecular weight is 351 g/mol. The number of anilines is 1. The van der Waals surface area contributed by atoms with E-state index in [1.807, 2.05) is 32.0 Å². The van der Waals surface area contributed by atoms with Gasteiger partial charge in [0, 0.05) is 5.69 Å². The number of carbonyl (C=O) groups excluding carboxylic acids is 2. The van der Waals surface area contributed by atoms with Crippen molar-refractivity contribution in [1.82, 2.24) is 20.2 Å². The van der Waals surface area contributed by atoms with Gasteiger partial charge in [0.15, 0.2) is 6.61 Å². The van der Waals surface area contributed by atoms with Crippen LogP contribution in [0.25, 0.3) is 5.69 Å². The van der Waals surface area contributed by atoms with E-state index in [0.29, 0.717) is 16.9 Å². The van der Waals surface area contributed by atoms with E-state index in [9.17, 15) is 9.59 Å². The van der Waals surface area contributed by atoms with Gasteiger partial charge < -0.3 is 10.1 Å². The number of amides is 1. The van der Waals surface area contributed by atoms with Crippen LogP contribution in [0.1, 0.15) is 21.5 Å². The van der Waals surface area contributed by atoms with E-state index in [1.165, 1.54) is 11.0 Å². The maximum Gasteiger partial charge on any atom is 0.338 e. The first-order valence-corrected chi connectivity index (χ1v) is 7.90. The molecule has 0 saturated carbocycles. The van der Waals surface area contributed by atoms with Gasteiger partial charge in [0.05, 0.1) is 11.3 Å². The van der Waals surface area contributed by atoms with Gasteiger partial charge in [0.1, 0.15) is 6.33 Å². The molecular weight excluding hydrogens is 334 g/mol. The maximum atomic E-state index is 12.2. The monoisotopic (exact) mass is 351 g/mol. The predicted molar refractivity (Wildman–Crippen MR) is 94.0 cm³/mol. The Labute approximate surface area is 149 Å². The van der Waals surface area contributed by atoms with Crippen LogP contribution in [0.2, 0.25) is 0 Å². The first kappa shape index (κ1) is 17.3. The first-order valence-electron chi connectivity index (χ1n) is 7.90. The van der Waals surface area contributed by atoms with Gasteiger partial charge >= 0.3 is 5.97 Å². The summed E-state index contributed by atoms with van der Waals surface area (Å²) in [6.07, 6.45) is 1.42. The minimum Gasteiger partial charge on any atom is -0.452 e. The zero-order valence-corrected chi connectivity index (χ0v) is 14.3. The van der Waals surface area contributed by atoms with Gasteiger partial charge in [-0.2, -0.15) is 0 Å². The summed E-state index contributed by atoms with van der Waals surface area (Å²) in [5.41, 5.74) is 3.67. The van der Waals surface area contributed by atoms with Crippen LogP contribution in [-0.4, -0.2) is 38.7 Å². The van der Waals surface area contributed by atoms with E-state index in [4.69, 9.17) is 4.74 Å². The average Bonchev–Trinajstić information content (AvgIpc) is 3.13. The highest BCUT2D eigenvalue weighted by atomic mass is 16.5. The van der Waals surface area contributed by atoms with Crippen LogP contribution in [-0.2, 0) is 9.53 Å². The first-order chi connectivity index (χ1) is 12.5. The summed E-state index contributed by atoms with van der Waals surface area (Å²) >= 11 is 0. The van der Waals surface area contributed by atoms with E-state index in [0.717, 1.165) is 11.1 Å². The van der Waals surface area contributed by atoms with Gasteiger partial charge in [-0.3, -0.25) is 4.79 Å². The van der Waals surface area contributed by atoms with Crippen LogP contribution in [0, 0.1) is 13.8 Å². The molecule has 0 saturated heterocycles. The Hall–Kier alpha value is -3.55.